The Hall–Kier alpha value is -4.93. The largest absolute Gasteiger partial charge is 0.573 e. The summed E-state index contributed by atoms with van der Waals surface area (Å²) in [4.78, 5) is 29.8. The predicted octanol–water partition coefficient (Wildman–Crippen LogP) is 9.59. The maximum atomic E-state index is 14.2. The second kappa shape index (κ2) is 16.2. The first-order chi connectivity index (χ1) is 25.7. The van der Waals surface area contributed by atoms with Gasteiger partial charge in [0.25, 0.3) is 0 Å². The van der Waals surface area contributed by atoms with Gasteiger partial charge in [-0.3, -0.25) is 4.79 Å². The number of fused-ring (bicyclic) bond motifs is 8. The van der Waals surface area contributed by atoms with Crippen LogP contribution in [0.15, 0.2) is 115 Å². The van der Waals surface area contributed by atoms with Crippen molar-refractivity contribution in [2.24, 2.45) is 5.41 Å². The van der Waals surface area contributed by atoms with Crippen molar-refractivity contribution in [3.05, 3.63) is 143 Å². The molecule has 1 saturated carbocycles. The topological polar surface area (TPSA) is 99.1 Å². The average Bonchev–Trinajstić information content (AvgIpc) is 3.39. The first-order valence-corrected chi connectivity index (χ1v) is 18.5. The van der Waals surface area contributed by atoms with E-state index in [1.54, 1.807) is 36.4 Å². The number of rotatable bonds is 8. The fourth-order valence-electron chi connectivity index (χ4n) is 8.20. The molecule has 7 rings (SSSR count). The van der Waals surface area contributed by atoms with Gasteiger partial charge < -0.3 is 25.2 Å². The van der Waals surface area contributed by atoms with Gasteiger partial charge in [0.05, 0.1) is 18.2 Å². The van der Waals surface area contributed by atoms with E-state index in [4.69, 9.17) is 0 Å². The van der Waals surface area contributed by atoms with Gasteiger partial charge in [0.2, 0.25) is 0 Å². The molecule has 0 radical (unpaired) electrons. The molecule has 0 aromatic heterocycles. The van der Waals surface area contributed by atoms with E-state index in [1.165, 1.54) is 29.2 Å². The van der Waals surface area contributed by atoms with Gasteiger partial charge >= 0.3 is 12.4 Å². The molecule has 10 heteroatoms. The quantitative estimate of drug-likeness (QED) is 0.124. The summed E-state index contributed by atoms with van der Waals surface area (Å²) in [5.41, 5.74) is 2.75. The highest BCUT2D eigenvalue weighted by Gasteiger charge is 2.57. The van der Waals surface area contributed by atoms with E-state index in [9.17, 15) is 33.0 Å². The number of nitrogens with one attached hydrogen (secondary N) is 1. The number of alkyl halides is 3. The van der Waals surface area contributed by atoms with Crippen LogP contribution in [-0.4, -0.2) is 51.5 Å². The van der Waals surface area contributed by atoms with E-state index in [1.807, 2.05) is 56.3 Å². The van der Waals surface area contributed by atoms with Crippen LogP contribution in [0.5, 0.6) is 5.75 Å². The van der Waals surface area contributed by atoms with E-state index >= 15 is 0 Å². The van der Waals surface area contributed by atoms with Gasteiger partial charge in [-0.2, -0.15) is 0 Å². The number of halogens is 3. The molecule has 2 bridgehead atoms. The molecule has 3 aliphatic rings. The van der Waals surface area contributed by atoms with Crippen molar-refractivity contribution in [3.8, 4) is 5.75 Å². The number of benzene rings is 4. The summed E-state index contributed by atoms with van der Waals surface area (Å²) in [5, 5.41) is 26.8. The van der Waals surface area contributed by atoms with Gasteiger partial charge in [0, 0.05) is 28.8 Å². The van der Waals surface area contributed by atoms with Crippen LogP contribution >= 0.6 is 0 Å². The van der Waals surface area contributed by atoms with Crippen molar-refractivity contribution in [2.45, 2.75) is 89.3 Å². The van der Waals surface area contributed by atoms with Gasteiger partial charge in [-0.1, -0.05) is 91.4 Å². The van der Waals surface area contributed by atoms with Crippen LogP contribution in [0.1, 0.15) is 90.9 Å². The second-order valence-electron chi connectivity index (χ2n) is 15.0. The number of aliphatic hydroxyl groups excluding tert-OH is 1. The third-order valence-corrected chi connectivity index (χ3v) is 11.2. The number of para-hydroxylation sites is 1. The fourth-order valence-corrected chi connectivity index (χ4v) is 8.20. The first kappa shape index (κ1) is 38.8. The number of hydrogen-bond donors (Lipinski definition) is 3. The lowest BCUT2D eigenvalue weighted by atomic mass is 9.64. The zero-order valence-electron chi connectivity index (χ0n) is 30.6. The number of hydrogen-bond acceptors (Lipinski definition) is 5. The number of ether oxygens (including phenoxy) is 1. The summed E-state index contributed by atoms with van der Waals surface area (Å²) in [6.07, 6.45) is 0.503. The Labute approximate surface area is 314 Å². The molecule has 4 aromatic rings. The number of carbonyl (C=O) groups is 2. The molecule has 3 aliphatic carbocycles. The molecule has 0 saturated heterocycles. The van der Waals surface area contributed by atoms with E-state index in [0.717, 1.165) is 16.7 Å². The molecule has 3 N–H and O–H groups in total. The molecule has 4 atom stereocenters. The number of carbonyl (C=O) groups excluding carboxylic acids is 2. The predicted molar refractivity (Wildman–Crippen MR) is 202 cm³/mol. The fraction of sp³-hybridized carbons (Fsp3) is 0.364. The number of amides is 2. The molecule has 284 valence electrons. The van der Waals surface area contributed by atoms with Crippen molar-refractivity contribution in [1.29, 1.82) is 0 Å². The minimum absolute atomic E-state index is 0.00178. The summed E-state index contributed by atoms with van der Waals surface area (Å²) >= 11 is 0. The number of aliphatic hydroxyl groups is 2. The maximum absolute atomic E-state index is 14.2. The number of anilines is 1. The number of urea groups is 1. The molecule has 0 unspecified atom stereocenters. The monoisotopic (exact) mass is 740 g/mol. The lowest BCUT2D eigenvalue weighted by Crippen LogP contribution is -2.54. The lowest BCUT2D eigenvalue weighted by Gasteiger charge is -2.46. The Bertz CT molecular complexity index is 1950. The van der Waals surface area contributed by atoms with E-state index in [2.05, 4.69) is 16.1 Å². The Morgan fingerprint density at radius 3 is 2.30 bits per heavy atom. The summed E-state index contributed by atoms with van der Waals surface area (Å²) in [5.74, 6) is -0.774. The molecular weight excluding hydrogens is 693 g/mol. The molecule has 0 spiro atoms. The summed E-state index contributed by atoms with van der Waals surface area (Å²) in [6.45, 7) is 4.02. The third-order valence-electron chi connectivity index (χ3n) is 11.2. The van der Waals surface area contributed by atoms with Crippen LogP contribution in [-0.2, 0) is 13.0 Å². The van der Waals surface area contributed by atoms with Crippen LogP contribution in [0.3, 0.4) is 0 Å². The number of allylic oxidation sites excluding steroid dienone is 2. The van der Waals surface area contributed by atoms with Gasteiger partial charge in [0.15, 0.2) is 5.78 Å². The van der Waals surface area contributed by atoms with Crippen molar-refractivity contribution < 1.29 is 37.7 Å². The van der Waals surface area contributed by atoms with Crippen LogP contribution in [0.4, 0.5) is 23.7 Å². The summed E-state index contributed by atoms with van der Waals surface area (Å²) in [7, 11) is 0. The zero-order chi connectivity index (χ0) is 38.5. The van der Waals surface area contributed by atoms with Gasteiger partial charge in [-0.25, -0.2) is 4.79 Å². The minimum atomic E-state index is -4.84. The standard InChI is InChI=1S/C44H47F3N2O5/c1-30-10-9-24-42(2)39(37-22-18-32(26-35(50)19-15-30)27-38(37)40(51)33-11-5-3-6-12-33)23-25-43(42,53)29-49(41(52)48-34-13-7-4-8-14-34)28-31-16-20-36(21-17-31)54-44(45,46)47/h3-8,10-14,16-18,20-22,27,35,39,50,53H,9,15,19,23-26,28-29H2,1-2H3,(H,48,52)/t35-,39-,42-,43+/m0/s1. The molecule has 7 nitrogen and oxygen atoms in total. The Morgan fingerprint density at radius 1 is 0.926 bits per heavy atom. The molecule has 1 fully saturated rings. The minimum Gasteiger partial charge on any atom is -0.406 e. The first-order valence-electron chi connectivity index (χ1n) is 18.5. The van der Waals surface area contributed by atoms with Crippen LogP contribution in [0.2, 0.25) is 0 Å². The van der Waals surface area contributed by atoms with Crippen LogP contribution in [0, 0.1) is 5.41 Å². The number of ketones is 1. The van der Waals surface area contributed by atoms with Crippen molar-refractivity contribution >= 4 is 17.5 Å². The lowest BCUT2D eigenvalue weighted by molar-refractivity contribution is -0.274. The second-order valence-corrected chi connectivity index (χ2v) is 15.0. The Kier molecular flexibility index (Phi) is 11.6. The number of nitrogens with zero attached hydrogens (tertiary/aromatic N) is 1. The smallest absolute Gasteiger partial charge is 0.406 e. The highest BCUT2D eigenvalue weighted by molar-refractivity contribution is 6.10. The van der Waals surface area contributed by atoms with Gasteiger partial charge in [-0.15, -0.1) is 13.2 Å². The zero-order valence-corrected chi connectivity index (χ0v) is 30.6. The van der Waals surface area contributed by atoms with E-state index in [0.29, 0.717) is 67.3 Å². The molecule has 54 heavy (non-hydrogen) atoms. The SMILES string of the molecule is CC1=CCC[C@@]2(C)[C@@H](CC[C@@]2(O)CN(Cc2ccc(OC(F)(F)F)cc2)C(=O)Nc2ccccc2)c2ccc(cc2C(=O)c2ccccc2)C[C@@H](O)CC1. The van der Waals surface area contributed by atoms with Crippen LogP contribution in [0.25, 0.3) is 0 Å². The van der Waals surface area contributed by atoms with Gasteiger partial charge in [-0.05, 0) is 105 Å². The van der Waals surface area contributed by atoms with E-state index in [-0.39, 0.29) is 30.5 Å². The van der Waals surface area contributed by atoms with Gasteiger partial charge in [0.1, 0.15) is 5.75 Å². The normalized spacial score (nSPS) is 23.1. The molecule has 4 aromatic carbocycles. The third kappa shape index (κ3) is 9.05. The average molecular weight is 741 g/mol. The molecule has 2 amide bonds. The highest BCUT2D eigenvalue weighted by Crippen LogP contribution is 2.59. The molecule has 0 aliphatic heterocycles. The maximum Gasteiger partial charge on any atom is 0.573 e. The summed E-state index contributed by atoms with van der Waals surface area (Å²) in [6, 6.07) is 28.7. The van der Waals surface area contributed by atoms with E-state index < -0.39 is 29.5 Å². The summed E-state index contributed by atoms with van der Waals surface area (Å²) < 4.78 is 42.7. The van der Waals surface area contributed by atoms with Crippen molar-refractivity contribution in [1.82, 2.24) is 4.90 Å². The Balaban J connectivity index is 1.39. The van der Waals surface area contributed by atoms with Crippen LogP contribution < -0.4 is 10.1 Å². The van der Waals surface area contributed by atoms with Crippen molar-refractivity contribution in [2.75, 3.05) is 11.9 Å². The molecule has 0 heterocycles. The molecular formula is C44H47F3N2O5. The van der Waals surface area contributed by atoms with Crippen molar-refractivity contribution in [3.63, 3.8) is 0 Å². The Morgan fingerprint density at radius 2 is 1.61 bits per heavy atom. The highest BCUT2D eigenvalue weighted by atomic mass is 19.4.